The maximum absolute atomic E-state index is 12.7. The molecule has 0 aromatic carbocycles. The Morgan fingerprint density at radius 2 is 2.05 bits per heavy atom. The maximum Gasteiger partial charge on any atom is 0.226 e. The highest BCUT2D eigenvalue weighted by molar-refractivity contribution is 5.99. The van der Waals surface area contributed by atoms with Gasteiger partial charge in [0.05, 0.1) is 0 Å². The number of rotatable bonds is 1. The molecule has 0 fully saturated rings. The van der Waals surface area contributed by atoms with E-state index in [0.717, 1.165) is 23.3 Å². The third kappa shape index (κ3) is 1.94. The van der Waals surface area contributed by atoms with Crippen LogP contribution >= 0.6 is 0 Å². The van der Waals surface area contributed by atoms with Gasteiger partial charge in [0, 0.05) is 30.1 Å². The molecule has 6 nitrogen and oxygen atoms in total. The molecule has 6 heteroatoms. The highest BCUT2D eigenvalue weighted by atomic mass is 16.1. The highest BCUT2D eigenvalue weighted by Gasteiger charge is 2.38. The van der Waals surface area contributed by atoms with Crippen LogP contribution in [0.15, 0.2) is 35.8 Å². The second kappa shape index (κ2) is 4.76. The zero-order valence-corrected chi connectivity index (χ0v) is 12.6. The first-order valence-corrected chi connectivity index (χ1v) is 7.50. The molecule has 0 saturated carbocycles. The first-order valence-electron chi connectivity index (χ1n) is 7.50. The summed E-state index contributed by atoms with van der Waals surface area (Å²) in [7, 11) is 0. The fourth-order valence-corrected chi connectivity index (χ4v) is 3.37. The molecule has 0 amide bonds. The van der Waals surface area contributed by atoms with Gasteiger partial charge in [0.25, 0.3) is 0 Å². The SMILES string of the molecule is Cc1nc2n(n1)[C@H](c1ccncc1)C1=C(C[C@@H](C)CC1=O)N2. The fraction of sp³-hybridized carbons (Fsp3) is 0.375. The van der Waals surface area contributed by atoms with Gasteiger partial charge in [-0.2, -0.15) is 10.1 Å². The zero-order valence-electron chi connectivity index (χ0n) is 12.6. The minimum absolute atomic E-state index is 0.196. The average molecular weight is 295 g/mol. The summed E-state index contributed by atoms with van der Waals surface area (Å²) in [4.78, 5) is 21.2. The average Bonchev–Trinajstić information content (AvgIpc) is 2.85. The van der Waals surface area contributed by atoms with E-state index >= 15 is 0 Å². The number of aromatic nitrogens is 4. The third-order valence-corrected chi connectivity index (χ3v) is 4.25. The smallest absolute Gasteiger partial charge is 0.226 e. The van der Waals surface area contributed by atoms with E-state index in [2.05, 4.69) is 27.3 Å². The van der Waals surface area contributed by atoms with E-state index in [-0.39, 0.29) is 11.8 Å². The Morgan fingerprint density at radius 1 is 1.27 bits per heavy atom. The number of nitrogens with one attached hydrogen (secondary N) is 1. The maximum atomic E-state index is 12.7. The van der Waals surface area contributed by atoms with Crippen molar-refractivity contribution >= 4 is 11.7 Å². The Balaban J connectivity index is 1.92. The summed E-state index contributed by atoms with van der Waals surface area (Å²) in [5.74, 6) is 1.95. The quantitative estimate of drug-likeness (QED) is 0.873. The van der Waals surface area contributed by atoms with Crippen LogP contribution in [-0.4, -0.2) is 25.5 Å². The van der Waals surface area contributed by atoms with Crippen molar-refractivity contribution in [2.75, 3.05) is 5.32 Å². The monoisotopic (exact) mass is 295 g/mol. The molecule has 0 unspecified atom stereocenters. The summed E-state index contributed by atoms with van der Waals surface area (Å²) >= 11 is 0. The molecule has 2 aromatic heterocycles. The molecule has 0 spiro atoms. The summed E-state index contributed by atoms with van der Waals surface area (Å²) in [6.07, 6.45) is 4.95. The number of pyridine rings is 1. The lowest BCUT2D eigenvalue weighted by atomic mass is 9.81. The molecular formula is C16H17N5O. The number of hydrogen-bond donors (Lipinski definition) is 1. The normalized spacial score (nSPS) is 23.8. The second-order valence-electron chi connectivity index (χ2n) is 6.06. The molecular weight excluding hydrogens is 278 g/mol. The van der Waals surface area contributed by atoms with Gasteiger partial charge >= 0.3 is 0 Å². The number of anilines is 1. The lowest BCUT2D eigenvalue weighted by Gasteiger charge is -2.34. The van der Waals surface area contributed by atoms with E-state index < -0.39 is 0 Å². The van der Waals surface area contributed by atoms with Gasteiger partial charge < -0.3 is 5.32 Å². The summed E-state index contributed by atoms with van der Waals surface area (Å²) in [6.45, 7) is 3.97. The molecule has 2 atom stereocenters. The molecule has 1 N–H and O–H groups in total. The Morgan fingerprint density at radius 3 is 2.82 bits per heavy atom. The summed E-state index contributed by atoms with van der Waals surface area (Å²) in [5, 5.41) is 7.80. The number of carbonyl (C=O) groups is 1. The summed E-state index contributed by atoms with van der Waals surface area (Å²) in [5.41, 5.74) is 2.82. The highest BCUT2D eigenvalue weighted by Crippen LogP contribution is 2.40. The van der Waals surface area contributed by atoms with E-state index in [1.807, 2.05) is 23.7 Å². The van der Waals surface area contributed by atoms with Gasteiger partial charge in [-0.1, -0.05) is 6.92 Å². The van der Waals surface area contributed by atoms with Crippen molar-refractivity contribution < 1.29 is 4.79 Å². The molecule has 22 heavy (non-hydrogen) atoms. The van der Waals surface area contributed by atoms with E-state index in [0.29, 0.717) is 24.1 Å². The van der Waals surface area contributed by atoms with Crippen LogP contribution in [-0.2, 0) is 4.79 Å². The number of aryl methyl sites for hydroxylation is 1. The van der Waals surface area contributed by atoms with Gasteiger partial charge in [0.15, 0.2) is 5.78 Å². The van der Waals surface area contributed by atoms with Gasteiger partial charge in [-0.05, 0) is 37.0 Å². The predicted molar refractivity (Wildman–Crippen MR) is 81.2 cm³/mol. The van der Waals surface area contributed by atoms with Crippen molar-refractivity contribution in [3.8, 4) is 0 Å². The van der Waals surface area contributed by atoms with Crippen LogP contribution in [0.1, 0.15) is 37.2 Å². The molecule has 2 aromatic rings. The van der Waals surface area contributed by atoms with Crippen molar-refractivity contribution in [3.63, 3.8) is 0 Å². The molecule has 1 aliphatic carbocycles. The lowest BCUT2D eigenvalue weighted by molar-refractivity contribution is -0.117. The number of hydrogen-bond acceptors (Lipinski definition) is 5. The van der Waals surface area contributed by atoms with Crippen LogP contribution in [0.3, 0.4) is 0 Å². The number of ketones is 1. The van der Waals surface area contributed by atoms with Crippen LogP contribution in [0, 0.1) is 12.8 Å². The molecule has 0 bridgehead atoms. The second-order valence-corrected chi connectivity index (χ2v) is 6.06. The van der Waals surface area contributed by atoms with Gasteiger partial charge in [-0.3, -0.25) is 9.78 Å². The Bertz CT molecular complexity index is 777. The fourth-order valence-electron chi connectivity index (χ4n) is 3.37. The number of fused-ring (bicyclic) bond motifs is 1. The van der Waals surface area contributed by atoms with E-state index in [9.17, 15) is 4.79 Å². The zero-order chi connectivity index (χ0) is 15.3. The lowest BCUT2D eigenvalue weighted by Crippen LogP contribution is -2.33. The minimum Gasteiger partial charge on any atom is -0.328 e. The summed E-state index contributed by atoms with van der Waals surface area (Å²) < 4.78 is 1.82. The van der Waals surface area contributed by atoms with E-state index in [1.165, 1.54) is 0 Å². The Kier molecular flexibility index (Phi) is 2.85. The van der Waals surface area contributed by atoms with Crippen LogP contribution in [0.2, 0.25) is 0 Å². The number of nitrogens with zero attached hydrogens (tertiary/aromatic N) is 4. The largest absolute Gasteiger partial charge is 0.328 e. The van der Waals surface area contributed by atoms with Crippen molar-refractivity contribution in [1.82, 2.24) is 19.7 Å². The van der Waals surface area contributed by atoms with Gasteiger partial charge in [0.2, 0.25) is 5.95 Å². The van der Waals surface area contributed by atoms with Gasteiger partial charge in [-0.15, -0.1) is 0 Å². The molecule has 2 aliphatic rings. The minimum atomic E-state index is -0.213. The Hall–Kier alpha value is -2.50. The topological polar surface area (TPSA) is 72.7 Å². The van der Waals surface area contributed by atoms with Crippen LogP contribution in [0.4, 0.5) is 5.95 Å². The van der Waals surface area contributed by atoms with E-state index in [4.69, 9.17) is 0 Å². The van der Waals surface area contributed by atoms with Crippen LogP contribution < -0.4 is 5.32 Å². The standard InChI is InChI=1S/C16H17N5O/c1-9-7-12-14(13(22)8-9)15(11-3-5-17-6-4-11)21-16(19-12)18-10(2)20-21/h3-6,9,15H,7-8H2,1-2H3,(H,18,19,20)/t9-,15-/m1/s1. The molecule has 112 valence electrons. The van der Waals surface area contributed by atoms with Crippen LogP contribution in [0.25, 0.3) is 0 Å². The van der Waals surface area contributed by atoms with E-state index in [1.54, 1.807) is 12.4 Å². The number of carbonyl (C=O) groups excluding carboxylic acids is 1. The summed E-state index contributed by atoms with van der Waals surface area (Å²) in [6, 6.07) is 3.66. The van der Waals surface area contributed by atoms with Crippen molar-refractivity contribution in [1.29, 1.82) is 0 Å². The molecule has 1 aliphatic heterocycles. The van der Waals surface area contributed by atoms with Gasteiger partial charge in [0.1, 0.15) is 11.9 Å². The van der Waals surface area contributed by atoms with Crippen molar-refractivity contribution in [2.45, 2.75) is 32.7 Å². The Labute approximate surface area is 128 Å². The number of Topliss-reactive ketones (excluding diaryl/α,β-unsaturated/α-hetero) is 1. The molecule has 3 heterocycles. The predicted octanol–water partition coefficient (Wildman–Crippen LogP) is 2.25. The first kappa shape index (κ1) is 13.2. The van der Waals surface area contributed by atoms with Gasteiger partial charge in [-0.25, -0.2) is 4.68 Å². The van der Waals surface area contributed by atoms with Crippen LogP contribution in [0.5, 0.6) is 0 Å². The van der Waals surface area contributed by atoms with Crippen molar-refractivity contribution in [2.24, 2.45) is 5.92 Å². The molecule has 0 saturated heterocycles. The first-order chi connectivity index (χ1) is 10.6. The molecule has 0 radical (unpaired) electrons. The molecule has 4 rings (SSSR count). The third-order valence-electron chi connectivity index (χ3n) is 4.25. The number of allylic oxidation sites excluding steroid dienone is 2. The van der Waals surface area contributed by atoms with Crippen molar-refractivity contribution in [3.05, 3.63) is 47.2 Å².